The molecule has 3 heterocycles. The maximum atomic E-state index is 14.9. The van der Waals surface area contributed by atoms with E-state index in [4.69, 9.17) is 4.74 Å². The fourth-order valence-electron chi connectivity index (χ4n) is 4.12. The van der Waals surface area contributed by atoms with Crippen molar-refractivity contribution in [3.63, 3.8) is 0 Å². The molecule has 8 heteroatoms. The summed E-state index contributed by atoms with van der Waals surface area (Å²) in [5, 5.41) is 3.35. The maximum absolute atomic E-state index is 14.9. The van der Waals surface area contributed by atoms with Crippen LogP contribution in [0.1, 0.15) is 26.2 Å². The van der Waals surface area contributed by atoms with Crippen molar-refractivity contribution in [1.29, 1.82) is 0 Å². The molecular weight excluding hydrogens is 369 g/mol. The van der Waals surface area contributed by atoms with Gasteiger partial charge in [-0.2, -0.15) is 11.8 Å². The lowest BCUT2D eigenvalue weighted by Gasteiger charge is -2.44. The molecule has 6 nitrogen and oxygen atoms in total. The van der Waals surface area contributed by atoms with Gasteiger partial charge in [0.15, 0.2) is 0 Å². The third-order valence-electron chi connectivity index (χ3n) is 5.48. The highest BCUT2D eigenvalue weighted by Gasteiger charge is 2.35. The van der Waals surface area contributed by atoms with Gasteiger partial charge < -0.3 is 15.0 Å². The molecule has 2 unspecified atom stereocenters. The average Bonchev–Trinajstić information content (AvgIpc) is 3.02. The molecule has 27 heavy (non-hydrogen) atoms. The van der Waals surface area contributed by atoms with Gasteiger partial charge in [0, 0.05) is 24.8 Å². The lowest BCUT2D eigenvalue weighted by atomic mass is 9.97. The first-order chi connectivity index (χ1) is 13.0. The predicted octanol–water partition coefficient (Wildman–Crippen LogP) is 2.76. The normalized spacial score (nSPS) is 27.5. The number of hydrogen-bond acceptors (Lipinski definition) is 5. The van der Waals surface area contributed by atoms with E-state index in [0.717, 1.165) is 31.6 Å². The molecule has 1 aromatic rings. The zero-order valence-corrected chi connectivity index (χ0v) is 16.1. The smallest absolute Gasteiger partial charge is 0.414 e. The van der Waals surface area contributed by atoms with Crippen LogP contribution in [0, 0.1) is 5.82 Å². The predicted molar refractivity (Wildman–Crippen MR) is 104 cm³/mol. The first-order valence-corrected chi connectivity index (χ1v) is 10.5. The summed E-state index contributed by atoms with van der Waals surface area (Å²) in [5.74, 6) is 0.660. The molecule has 3 aliphatic heterocycles. The summed E-state index contributed by atoms with van der Waals surface area (Å²) >= 11 is 2.04. The molecule has 4 rings (SSSR count). The van der Waals surface area contributed by atoms with Crippen LogP contribution in [0.4, 0.5) is 20.6 Å². The Labute approximate surface area is 162 Å². The number of thioether (sulfide) groups is 1. The van der Waals surface area contributed by atoms with Crippen molar-refractivity contribution < 1.29 is 18.7 Å². The van der Waals surface area contributed by atoms with Crippen LogP contribution < -0.4 is 15.1 Å². The average molecular weight is 393 g/mol. The van der Waals surface area contributed by atoms with Gasteiger partial charge in [0.1, 0.15) is 11.9 Å². The molecule has 3 saturated heterocycles. The Bertz CT molecular complexity index is 747. The number of fused-ring (bicyclic) bond motifs is 2. The van der Waals surface area contributed by atoms with Gasteiger partial charge in [-0.15, -0.1) is 0 Å². The van der Waals surface area contributed by atoms with Crippen LogP contribution >= 0.6 is 11.8 Å². The molecule has 0 aromatic heterocycles. The molecule has 3 aliphatic rings. The number of cyclic esters (lactones) is 1. The van der Waals surface area contributed by atoms with Gasteiger partial charge in [0.25, 0.3) is 0 Å². The zero-order valence-electron chi connectivity index (χ0n) is 15.3. The van der Waals surface area contributed by atoms with Gasteiger partial charge in [-0.05, 0) is 43.2 Å². The fourth-order valence-corrected chi connectivity index (χ4v) is 5.49. The van der Waals surface area contributed by atoms with Gasteiger partial charge in [-0.25, -0.2) is 9.18 Å². The largest absolute Gasteiger partial charge is 0.442 e. The number of halogens is 1. The summed E-state index contributed by atoms with van der Waals surface area (Å²) in [7, 11) is 0. The van der Waals surface area contributed by atoms with Crippen molar-refractivity contribution in [2.24, 2.45) is 0 Å². The van der Waals surface area contributed by atoms with Crippen LogP contribution in [-0.2, 0) is 9.53 Å². The minimum absolute atomic E-state index is 0.176. The number of ether oxygens (including phenoxy) is 1. The molecule has 3 atom stereocenters. The van der Waals surface area contributed by atoms with E-state index < -0.39 is 12.2 Å². The van der Waals surface area contributed by atoms with Crippen LogP contribution in [0.2, 0.25) is 0 Å². The number of amides is 2. The van der Waals surface area contributed by atoms with Crippen LogP contribution in [-0.4, -0.2) is 54.8 Å². The zero-order chi connectivity index (χ0) is 19.0. The Morgan fingerprint density at radius 2 is 2.26 bits per heavy atom. The number of piperidine rings is 1. The van der Waals surface area contributed by atoms with Gasteiger partial charge in [0.05, 0.1) is 24.5 Å². The van der Waals surface area contributed by atoms with Crippen molar-refractivity contribution in [2.45, 2.75) is 43.6 Å². The quantitative estimate of drug-likeness (QED) is 0.852. The molecule has 0 aliphatic carbocycles. The van der Waals surface area contributed by atoms with E-state index >= 15 is 0 Å². The van der Waals surface area contributed by atoms with Gasteiger partial charge in [-0.1, -0.05) is 0 Å². The summed E-state index contributed by atoms with van der Waals surface area (Å²) in [5.41, 5.74) is 1.11. The van der Waals surface area contributed by atoms with Crippen molar-refractivity contribution >= 4 is 35.1 Å². The van der Waals surface area contributed by atoms with E-state index in [2.05, 4.69) is 10.2 Å². The van der Waals surface area contributed by atoms with Gasteiger partial charge in [0.2, 0.25) is 5.91 Å². The summed E-state index contributed by atoms with van der Waals surface area (Å²) in [6.07, 6.45) is 2.36. The summed E-state index contributed by atoms with van der Waals surface area (Å²) in [6, 6.07) is 5.39. The van der Waals surface area contributed by atoms with E-state index in [0.29, 0.717) is 29.2 Å². The van der Waals surface area contributed by atoms with E-state index in [-0.39, 0.29) is 18.3 Å². The number of carbonyl (C=O) groups is 2. The van der Waals surface area contributed by atoms with Gasteiger partial charge >= 0.3 is 6.09 Å². The lowest BCUT2D eigenvalue weighted by molar-refractivity contribution is -0.119. The molecule has 0 radical (unpaired) electrons. The molecular formula is C19H24FN3O3S. The topological polar surface area (TPSA) is 61.9 Å². The first kappa shape index (κ1) is 18.4. The molecule has 0 spiro atoms. The molecule has 1 aromatic carbocycles. The van der Waals surface area contributed by atoms with E-state index in [9.17, 15) is 14.0 Å². The minimum atomic E-state index is -0.511. The summed E-state index contributed by atoms with van der Waals surface area (Å²) in [4.78, 5) is 26.8. The van der Waals surface area contributed by atoms with Crippen LogP contribution in [0.5, 0.6) is 0 Å². The van der Waals surface area contributed by atoms with E-state index in [1.165, 1.54) is 17.9 Å². The number of anilines is 2. The molecule has 3 fully saturated rings. The second-order valence-corrected chi connectivity index (χ2v) is 8.75. The first-order valence-electron chi connectivity index (χ1n) is 9.41. The van der Waals surface area contributed by atoms with Crippen LogP contribution in [0.3, 0.4) is 0 Å². The SMILES string of the molecule is CC(=O)NCC1CN(c2ccc(N3CC[C@H]4CC3CCS4)c(F)c2)C(=O)O1. The second-order valence-electron chi connectivity index (χ2n) is 7.34. The third kappa shape index (κ3) is 3.85. The maximum Gasteiger partial charge on any atom is 0.414 e. The van der Waals surface area contributed by atoms with Crippen molar-refractivity contribution in [2.75, 3.05) is 35.2 Å². The Kier molecular flexibility index (Phi) is 5.16. The lowest BCUT2D eigenvalue weighted by Crippen LogP contribution is -2.46. The number of rotatable bonds is 4. The number of benzene rings is 1. The number of carbonyl (C=O) groups excluding carboxylic acids is 2. The number of hydrogen-bond donors (Lipinski definition) is 1. The Morgan fingerprint density at radius 3 is 3.04 bits per heavy atom. The fraction of sp³-hybridized carbons (Fsp3) is 0.579. The molecule has 0 saturated carbocycles. The minimum Gasteiger partial charge on any atom is -0.442 e. The van der Waals surface area contributed by atoms with Crippen molar-refractivity contribution in [3.05, 3.63) is 24.0 Å². The monoisotopic (exact) mass is 393 g/mol. The Hall–Kier alpha value is -1.96. The highest BCUT2D eigenvalue weighted by molar-refractivity contribution is 7.99. The summed E-state index contributed by atoms with van der Waals surface area (Å²) in [6.45, 7) is 2.84. The standard InChI is InChI=1S/C19H24FN3O3S/c1-12(24)21-10-15-11-23(19(25)26-15)13-2-3-18(17(20)9-13)22-6-4-16-8-14(22)5-7-27-16/h2-3,9,14-16H,4-8,10-11H2,1H3,(H,21,24)/t14?,15?,16-/m0/s1. The molecule has 146 valence electrons. The highest BCUT2D eigenvalue weighted by Crippen LogP contribution is 2.38. The van der Waals surface area contributed by atoms with E-state index in [1.54, 1.807) is 12.1 Å². The molecule has 2 bridgehead atoms. The number of nitrogens with one attached hydrogen (secondary N) is 1. The molecule has 2 amide bonds. The Morgan fingerprint density at radius 1 is 1.41 bits per heavy atom. The third-order valence-corrected chi connectivity index (χ3v) is 6.85. The van der Waals surface area contributed by atoms with Crippen molar-refractivity contribution in [1.82, 2.24) is 5.32 Å². The second kappa shape index (κ2) is 7.58. The van der Waals surface area contributed by atoms with Crippen molar-refractivity contribution in [3.8, 4) is 0 Å². The Balaban J connectivity index is 1.47. The van der Waals surface area contributed by atoms with Crippen LogP contribution in [0.15, 0.2) is 18.2 Å². The van der Waals surface area contributed by atoms with Gasteiger partial charge in [-0.3, -0.25) is 9.69 Å². The number of nitrogens with zero attached hydrogens (tertiary/aromatic N) is 2. The highest BCUT2D eigenvalue weighted by atomic mass is 32.2. The van der Waals surface area contributed by atoms with E-state index in [1.807, 2.05) is 11.8 Å². The van der Waals surface area contributed by atoms with Crippen LogP contribution in [0.25, 0.3) is 0 Å². The summed E-state index contributed by atoms with van der Waals surface area (Å²) < 4.78 is 20.2. The molecule has 1 N–H and O–H groups in total.